The molecule has 0 radical (unpaired) electrons. The van der Waals surface area contributed by atoms with E-state index in [2.05, 4.69) is 59.8 Å². The van der Waals surface area contributed by atoms with Gasteiger partial charge in [-0.25, -0.2) is 0 Å². The SMILES string of the molecule is O=C1CC[C@H](c2ccc(N3CCC(CN4CC[C@H](NC(=O)C5(Oc6ccccc6)CCN(c6cnnc(-c7ccccc7O)c6)CC5)CC45CCC5)CC3)cc2)C(=O)N1. The van der Waals surface area contributed by atoms with Gasteiger partial charge in [-0.15, -0.1) is 0 Å². The van der Waals surface area contributed by atoms with Crippen LogP contribution >= 0.6 is 0 Å². The van der Waals surface area contributed by atoms with E-state index in [1.807, 2.05) is 48.5 Å². The van der Waals surface area contributed by atoms with E-state index in [-0.39, 0.29) is 41.0 Å². The number of aromatic hydroxyl groups is 1. The summed E-state index contributed by atoms with van der Waals surface area (Å²) < 4.78 is 6.69. The number of hydrogen-bond acceptors (Lipinski definition) is 10. The molecule has 4 aromatic rings. The average Bonchev–Trinajstić information content (AvgIpc) is 3.25. The lowest BCUT2D eigenvalue weighted by Crippen LogP contribution is -2.65. The zero-order valence-corrected chi connectivity index (χ0v) is 33.7. The van der Waals surface area contributed by atoms with Crippen molar-refractivity contribution in [1.82, 2.24) is 25.7 Å². The Kier molecular flexibility index (Phi) is 11.0. The standard InChI is InChI=1S/C47H55N7O5/c55-42-10-5-4-9-40(42)41-29-37(31-48-51-41)53-27-22-47(23-28-53,59-38-7-2-1-3-8-38)45(58)49-35-19-26-54(46(30-35)20-6-21-46)32-33-17-24-52(25-18-33)36-13-11-34(12-14-36)39-15-16-43(56)50-44(39)57/h1-5,7-14,29,31,33,35,39,55H,6,15-28,30,32H2,(H,49,58)(H,50,56,57)/t35-,39+/m0/s1. The molecule has 3 aromatic carbocycles. The number of amides is 3. The fourth-order valence-electron chi connectivity index (χ4n) is 10.3. The van der Waals surface area contributed by atoms with Gasteiger partial charge < -0.3 is 25.0 Å². The molecule has 12 nitrogen and oxygen atoms in total. The molecule has 1 saturated carbocycles. The molecule has 59 heavy (non-hydrogen) atoms. The number of imide groups is 1. The summed E-state index contributed by atoms with van der Waals surface area (Å²) in [5.74, 6) is 0.848. The van der Waals surface area contributed by atoms with E-state index in [1.165, 1.54) is 24.9 Å². The number of carbonyl (C=O) groups is 3. The second-order valence-electron chi connectivity index (χ2n) is 17.4. The minimum atomic E-state index is -0.998. The fraction of sp³-hybridized carbons (Fsp3) is 0.468. The molecule has 9 rings (SSSR count). The number of phenolic OH excluding ortho intramolecular Hbond substituents is 1. The van der Waals surface area contributed by atoms with E-state index < -0.39 is 5.60 Å². The summed E-state index contributed by atoms with van der Waals surface area (Å²) in [4.78, 5) is 46.0. The van der Waals surface area contributed by atoms with Gasteiger partial charge >= 0.3 is 0 Å². The molecule has 12 heteroatoms. The first-order valence-corrected chi connectivity index (χ1v) is 21.6. The maximum Gasteiger partial charge on any atom is 0.264 e. The third-order valence-electron chi connectivity index (χ3n) is 13.9. The number of nitrogens with zero attached hydrogens (tertiary/aromatic N) is 5. The summed E-state index contributed by atoms with van der Waals surface area (Å²) in [5, 5.41) is 25.0. The Morgan fingerprint density at radius 3 is 2.27 bits per heavy atom. The van der Waals surface area contributed by atoms with E-state index >= 15 is 0 Å². The highest BCUT2D eigenvalue weighted by Crippen LogP contribution is 2.46. The lowest BCUT2D eigenvalue weighted by Gasteiger charge is -2.56. The Bertz CT molecular complexity index is 2130. The quantitative estimate of drug-likeness (QED) is 0.159. The molecule has 5 aliphatic rings. The molecule has 2 atom stereocenters. The van der Waals surface area contributed by atoms with Gasteiger partial charge in [-0.1, -0.05) is 42.5 Å². The molecule has 4 saturated heterocycles. The lowest BCUT2D eigenvalue weighted by atomic mass is 9.68. The first-order chi connectivity index (χ1) is 28.8. The summed E-state index contributed by atoms with van der Waals surface area (Å²) in [7, 11) is 0. The summed E-state index contributed by atoms with van der Waals surface area (Å²) in [6.07, 6.45) is 11.5. The molecule has 3 amide bonds. The lowest BCUT2D eigenvalue weighted by molar-refractivity contribution is -0.141. The van der Waals surface area contributed by atoms with E-state index in [0.29, 0.717) is 61.7 Å². The number of nitrogens with one attached hydrogen (secondary N) is 2. The highest BCUT2D eigenvalue weighted by molar-refractivity contribution is 6.01. The van der Waals surface area contributed by atoms with Crippen molar-refractivity contribution in [3.05, 3.63) is 96.7 Å². The van der Waals surface area contributed by atoms with Crippen molar-refractivity contribution in [2.45, 2.75) is 93.7 Å². The number of rotatable bonds is 10. The number of anilines is 2. The normalized spacial score (nSPS) is 23.3. The van der Waals surface area contributed by atoms with Crippen LogP contribution in [0.2, 0.25) is 0 Å². The first-order valence-electron chi connectivity index (χ1n) is 21.6. The largest absolute Gasteiger partial charge is 0.507 e. The number of phenols is 1. The maximum absolute atomic E-state index is 14.5. The van der Waals surface area contributed by atoms with E-state index in [1.54, 1.807) is 18.3 Å². The van der Waals surface area contributed by atoms with Gasteiger partial charge in [-0.2, -0.15) is 10.2 Å². The summed E-state index contributed by atoms with van der Waals surface area (Å²) in [5.41, 5.74) is 3.46. The van der Waals surface area contributed by atoms with Crippen LogP contribution in [0.1, 0.15) is 82.1 Å². The number of carbonyl (C=O) groups excluding carboxylic acids is 3. The average molecular weight is 798 g/mol. The molecule has 3 N–H and O–H groups in total. The van der Waals surface area contributed by atoms with Gasteiger partial charge in [0, 0.05) is 81.4 Å². The van der Waals surface area contributed by atoms with Crippen molar-refractivity contribution < 1.29 is 24.2 Å². The predicted molar refractivity (Wildman–Crippen MR) is 226 cm³/mol. The van der Waals surface area contributed by atoms with Gasteiger partial charge in [0.15, 0.2) is 5.60 Å². The Labute approximate surface area is 346 Å². The van der Waals surface area contributed by atoms with Crippen LogP contribution in [0.15, 0.2) is 91.1 Å². The number of ether oxygens (including phenoxy) is 1. The van der Waals surface area contributed by atoms with Crippen LogP contribution in [-0.2, 0) is 14.4 Å². The van der Waals surface area contributed by atoms with Crippen molar-refractivity contribution in [3.8, 4) is 22.8 Å². The van der Waals surface area contributed by atoms with E-state index in [4.69, 9.17) is 4.74 Å². The fourth-order valence-corrected chi connectivity index (χ4v) is 10.3. The number of hydrogen-bond donors (Lipinski definition) is 3. The summed E-state index contributed by atoms with van der Waals surface area (Å²) in [6.45, 7) is 5.34. The van der Waals surface area contributed by atoms with Gasteiger partial charge in [0.05, 0.1) is 23.5 Å². The Morgan fingerprint density at radius 2 is 1.56 bits per heavy atom. The van der Waals surface area contributed by atoms with Crippen molar-refractivity contribution in [2.75, 3.05) is 49.1 Å². The molecule has 4 aliphatic heterocycles. The van der Waals surface area contributed by atoms with Crippen LogP contribution in [0.3, 0.4) is 0 Å². The number of likely N-dealkylation sites (tertiary alicyclic amines) is 1. The second-order valence-corrected chi connectivity index (χ2v) is 17.4. The third-order valence-corrected chi connectivity index (χ3v) is 13.9. The first kappa shape index (κ1) is 39.0. The maximum atomic E-state index is 14.5. The van der Waals surface area contributed by atoms with Gasteiger partial charge in [-0.05, 0) is 105 Å². The Hall–Kier alpha value is -5.49. The van der Waals surface area contributed by atoms with Crippen LogP contribution in [0.5, 0.6) is 11.5 Å². The van der Waals surface area contributed by atoms with E-state index in [0.717, 1.165) is 63.1 Å². The molecular weight excluding hydrogens is 743 g/mol. The Balaban J connectivity index is 0.809. The molecule has 1 aromatic heterocycles. The number of para-hydroxylation sites is 2. The molecule has 1 spiro atoms. The predicted octanol–water partition coefficient (Wildman–Crippen LogP) is 6.21. The summed E-state index contributed by atoms with van der Waals surface area (Å²) in [6, 6.07) is 27.3. The van der Waals surface area contributed by atoms with Crippen LogP contribution in [0.25, 0.3) is 11.3 Å². The second kappa shape index (κ2) is 16.6. The van der Waals surface area contributed by atoms with Crippen LogP contribution in [0.4, 0.5) is 11.4 Å². The number of aromatic nitrogens is 2. The van der Waals surface area contributed by atoms with Crippen LogP contribution in [-0.4, -0.2) is 94.4 Å². The van der Waals surface area contributed by atoms with Crippen LogP contribution < -0.4 is 25.2 Å². The van der Waals surface area contributed by atoms with Crippen molar-refractivity contribution in [2.24, 2.45) is 5.92 Å². The number of benzene rings is 3. The highest BCUT2D eigenvalue weighted by atomic mass is 16.5. The molecule has 0 unspecified atom stereocenters. The topological polar surface area (TPSA) is 140 Å². The minimum Gasteiger partial charge on any atom is -0.507 e. The van der Waals surface area contributed by atoms with Crippen molar-refractivity contribution >= 4 is 29.1 Å². The zero-order chi connectivity index (χ0) is 40.4. The smallest absolute Gasteiger partial charge is 0.264 e. The zero-order valence-electron chi connectivity index (χ0n) is 33.7. The van der Waals surface area contributed by atoms with Gasteiger partial charge in [0.25, 0.3) is 5.91 Å². The summed E-state index contributed by atoms with van der Waals surface area (Å²) >= 11 is 0. The molecule has 308 valence electrons. The molecule has 5 heterocycles. The van der Waals surface area contributed by atoms with Gasteiger partial charge in [0.1, 0.15) is 11.5 Å². The highest BCUT2D eigenvalue weighted by Gasteiger charge is 2.50. The molecule has 1 aliphatic carbocycles. The monoisotopic (exact) mass is 797 g/mol. The van der Waals surface area contributed by atoms with Crippen molar-refractivity contribution in [1.29, 1.82) is 0 Å². The molecule has 5 fully saturated rings. The Morgan fingerprint density at radius 1 is 0.831 bits per heavy atom. The van der Waals surface area contributed by atoms with E-state index in [9.17, 15) is 19.5 Å². The van der Waals surface area contributed by atoms with Gasteiger partial charge in [0.2, 0.25) is 11.8 Å². The molecule has 0 bridgehead atoms. The van der Waals surface area contributed by atoms with Gasteiger partial charge in [-0.3, -0.25) is 24.6 Å². The number of piperidine rings is 4. The molecular formula is C47H55N7O5. The minimum absolute atomic E-state index is 0.0193. The third kappa shape index (κ3) is 8.24. The van der Waals surface area contributed by atoms with Crippen LogP contribution in [0, 0.1) is 5.92 Å². The van der Waals surface area contributed by atoms with Crippen molar-refractivity contribution in [3.63, 3.8) is 0 Å².